The second-order valence-electron chi connectivity index (χ2n) is 13.4. The predicted octanol–water partition coefficient (Wildman–Crippen LogP) is 5.04. The molecule has 3 atom stereocenters. The molecule has 0 amide bonds. The van der Waals surface area contributed by atoms with Crippen molar-refractivity contribution in [1.82, 2.24) is 20.1 Å². The molecule has 1 N–H and O–H groups in total. The standard InChI is InChI=1S/C33H47N5O5S/c1-24-8-13-28(14-9-24)44(39,40)31(42-27-12-11-26(34-20-27)19-32(2,3)38-22-35-36-23-38)25-10-15-30-29(18-25)37(16-7-17-41-6)21-33(4,5)43-30/h8-10,13-15,18,22-23,26-27,31,34H,7,11-12,16-17,19-21H2,1-6H3/t26-,27+,31?/m0/s1. The van der Waals surface area contributed by atoms with Gasteiger partial charge in [0.15, 0.2) is 5.44 Å². The van der Waals surface area contributed by atoms with Crippen molar-refractivity contribution in [3.8, 4) is 5.75 Å². The average molecular weight is 626 g/mol. The van der Waals surface area contributed by atoms with Crippen LogP contribution in [-0.2, 0) is 24.8 Å². The third-order valence-corrected chi connectivity index (χ3v) is 10.5. The van der Waals surface area contributed by atoms with Crippen LogP contribution in [0, 0.1) is 6.92 Å². The summed E-state index contributed by atoms with van der Waals surface area (Å²) in [6.45, 7) is 13.1. The third kappa shape index (κ3) is 7.44. The van der Waals surface area contributed by atoms with Gasteiger partial charge in [0, 0.05) is 38.4 Å². The second kappa shape index (κ2) is 13.2. The molecule has 11 heteroatoms. The number of fused-ring (bicyclic) bond motifs is 1. The number of aryl methyl sites for hydroxylation is 1. The topological polar surface area (TPSA) is 108 Å². The molecule has 0 aliphatic carbocycles. The van der Waals surface area contributed by atoms with Gasteiger partial charge in [-0.1, -0.05) is 23.8 Å². The van der Waals surface area contributed by atoms with Crippen LogP contribution in [0.4, 0.5) is 5.69 Å². The first kappa shape index (κ1) is 32.4. The van der Waals surface area contributed by atoms with Crippen LogP contribution in [0.2, 0.25) is 0 Å². The van der Waals surface area contributed by atoms with Crippen LogP contribution < -0.4 is 15.0 Å². The number of aromatic nitrogens is 3. The van der Waals surface area contributed by atoms with Crippen molar-refractivity contribution in [2.45, 2.75) is 93.9 Å². The van der Waals surface area contributed by atoms with Crippen molar-refractivity contribution in [2.24, 2.45) is 0 Å². The van der Waals surface area contributed by atoms with E-state index < -0.39 is 15.3 Å². The summed E-state index contributed by atoms with van der Waals surface area (Å²) in [4.78, 5) is 2.51. The Morgan fingerprint density at radius 1 is 1.11 bits per heavy atom. The van der Waals surface area contributed by atoms with E-state index in [0.29, 0.717) is 25.3 Å². The van der Waals surface area contributed by atoms with Crippen molar-refractivity contribution >= 4 is 15.5 Å². The van der Waals surface area contributed by atoms with Crippen molar-refractivity contribution in [1.29, 1.82) is 0 Å². The van der Waals surface area contributed by atoms with Gasteiger partial charge in [-0.25, -0.2) is 8.42 Å². The smallest absolute Gasteiger partial charge is 0.209 e. The van der Waals surface area contributed by atoms with Crippen LogP contribution in [0.15, 0.2) is 60.0 Å². The van der Waals surface area contributed by atoms with Gasteiger partial charge in [-0.2, -0.15) is 0 Å². The Hall–Kier alpha value is -2.99. The number of rotatable bonds is 12. The first-order valence-corrected chi connectivity index (χ1v) is 17.0. The number of nitrogens with zero attached hydrogens (tertiary/aromatic N) is 4. The Kier molecular flexibility index (Phi) is 9.69. The maximum absolute atomic E-state index is 14.2. The lowest BCUT2D eigenvalue weighted by Crippen LogP contribution is -2.47. The Balaban J connectivity index is 1.40. The van der Waals surface area contributed by atoms with Gasteiger partial charge in [-0.05, 0) is 90.1 Å². The van der Waals surface area contributed by atoms with Crippen molar-refractivity contribution in [3.63, 3.8) is 0 Å². The van der Waals surface area contributed by atoms with Crippen molar-refractivity contribution in [3.05, 3.63) is 66.2 Å². The maximum Gasteiger partial charge on any atom is 0.209 e. The average Bonchev–Trinajstić information content (AvgIpc) is 3.53. The number of ether oxygens (including phenoxy) is 3. The van der Waals surface area contributed by atoms with E-state index in [4.69, 9.17) is 14.2 Å². The summed E-state index contributed by atoms with van der Waals surface area (Å²) in [5.41, 5.74) is 0.783. The molecule has 0 spiro atoms. The summed E-state index contributed by atoms with van der Waals surface area (Å²) in [6, 6.07) is 12.9. The fraction of sp³-hybridized carbons (Fsp3) is 0.576. The van der Waals surface area contributed by atoms with E-state index >= 15 is 0 Å². The quantitative estimate of drug-likeness (QED) is 0.277. The summed E-state index contributed by atoms with van der Waals surface area (Å²) in [6.07, 6.45) is 6.59. The molecule has 10 nitrogen and oxygen atoms in total. The summed E-state index contributed by atoms with van der Waals surface area (Å²) in [5, 5.41) is 11.6. The van der Waals surface area contributed by atoms with Gasteiger partial charge in [0.1, 0.15) is 24.0 Å². The number of hydrogen-bond acceptors (Lipinski definition) is 9. The van der Waals surface area contributed by atoms with E-state index in [1.165, 1.54) is 0 Å². The first-order chi connectivity index (χ1) is 20.9. The largest absolute Gasteiger partial charge is 0.484 e. The van der Waals surface area contributed by atoms with E-state index in [9.17, 15) is 8.42 Å². The van der Waals surface area contributed by atoms with E-state index in [1.807, 2.05) is 41.8 Å². The molecule has 2 aliphatic heterocycles. The number of benzene rings is 2. The molecule has 1 aromatic heterocycles. The highest BCUT2D eigenvalue weighted by Crippen LogP contribution is 2.42. The number of nitrogens with one attached hydrogen (secondary N) is 1. The number of piperidine rings is 1. The van der Waals surface area contributed by atoms with Gasteiger partial charge in [0.05, 0.1) is 23.2 Å². The zero-order valence-corrected chi connectivity index (χ0v) is 27.6. The molecule has 240 valence electrons. The second-order valence-corrected chi connectivity index (χ2v) is 15.4. The van der Waals surface area contributed by atoms with Crippen molar-refractivity contribution in [2.75, 3.05) is 38.3 Å². The summed E-state index contributed by atoms with van der Waals surface area (Å²) in [7, 11) is -2.17. The van der Waals surface area contributed by atoms with Crippen LogP contribution in [0.3, 0.4) is 0 Å². The van der Waals surface area contributed by atoms with E-state index in [2.05, 4.69) is 48.1 Å². The van der Waals surface area contributed by atoms with Crippen molar-refractivity contribution < 1.29 is 22.6 Å². The number of anilines is 1. The highest BCUT2D eigenvalue weighted by Gasteiger charge is 2.37. The Morgan fingerprint density at radius 2 is 1.84 bits per heavy atom. The summed E-state index contributed by atoms with van der Waals surface area (Å²) < 4.78 is 48.7. The highest BCUT2D eigenvalue weighted by molar-refractivity contribution is 7.91. The lowest BCUT2D eigenvalue weighted by Gasteiger charge is -2.41. The van der Waals surface area contributed by atoms with Gasteiger partial charge < -0.3 is 29.0 Å². The minimum atomic E-state index is -3.88. The third-order valence-electron chi connectivity index (χ3n) is 8.61. The minimum Gasteiger partial charge on any atom is -0.484 e. The molecule has 1 fully saturated rings. The zero-order valence-electron chi connectivity index (χ0n) is 26.8. The van der Waals surface area contributed by atoms with Crippen LogP contribution in [0.5, 0.6) is 5.75 Å². The summed E-state index contributed by atoms with van der Waals surface area (Å²) in [5.74, 6) is 0.742. The Morgan fingerprint density at radius 3 is 2.50 bits per heavy atom. The van der Waals surface area contributed by atoms with Gasteiger partial charge in [-0.15, -0.1) is 10.2 Å². The van der Waals surface area contributed by atoms with Gasteiger partial charge in [0.2, 0.25) is 9.84 Å². The van der Waals surface area contributed by atoms with Crippen LogP contribution in [-0.4, -0.2) is 74.3 Å². The normalized spacial score (nSPS) is 21.0. The predicted molar refractivity (Wildman–Crippen MR) is 171 cm³/mol. The van der Waals surface area contributed by atoms with E-state index in [0.717, 1.165) is 49.2 Å². The fourth-order valence-corrected chi connectivity index (χ4v) is 7.82. The molecule has 1 unspecified atom stereocenters. The Labute approximate surface area is 262 Å². The van der Waals surface area contributed by atoms with Crippen LogP contribution in [0.1, 0.15) is 69.9 Å². The number of sulfone groups is 1. The molecule has 0 bridgehead atoms. The molecular weight excluding hydrogens is 578 g/mol. The molecule has 2 aromatic carbocycles. The van der Waals surface area contributed by atoms with Crippen LogP contribution >= 0.6 is 0 Å². The van der Waals surface area contributed by atoms with E-state index in [1.54, 1.807) is 31.9 Å². The highest BCUT2D eigenvalue weighted by atomic mass is 32.2. The maximum atomic E-state index is 14.2. The summed E-state index contributed by atoms with van der Waals surface area (Å²) >= 11 is 0. The zero-order chi connectivity index (χ0) is 31.5. The molecule has 1 saturated heterocycles. The number of hydrogen-bond donors (Lipinski definition) is 1. The SMILES string of the molecule is COCCCN1CC(C)(C)Oc2ccc(C(O[C@@H]3CC[C@@H](CC(C)(C)n4cnnc4)NC3)S(=O)(=O)c3ccc(C)cc3)cc21. The lowest BCUT2D eigenvalue weighted by molar-refractivity contribution is 0.00559. The molecule has 3 heterocycles. The van der Waals surface area contributed by atoms with Gasteiger partial charge in [0.25, 0.3) is 0 Å². The molecule has 2 aliphatic rings. The molecule has 0 saturated carbocycles. The van der Waals surface area contributed by atoms with Gasteiger partial charge >= 0.3 is 0 Å². The molecule has 5 rings (SSSR count). The minimum absolute atomic E-state index is 0.152. The van der Waals surface area contributed by atoms with Gasteiger partial charge in [-0.3, -0.25) is 0 Å². The molecule has 3 aromatic rings. The first-order valence-electron chi connectivity index (χ1n) is 15.5. The lowest BCUT2D eigenvalue weighted by atomic mass is 9.89. The number of methoxy groups -OCH3 is 1. The van der Waals surface area contributed by atoms with E-state index in [-0.39, 0.29) is 28.2 Å². The molecular formula is C33H47N5O5S. The molecule has 44 heavy (non-hydrogen) atoms. The Bertz CT molecular complexity index is 1480. The monoisotopic (exact) mass is 625 g/mol. The van der Waals surface area contributed by atoms with Crippen LogP contribution in [0.25, 0.3) is 0 Å². The fourth-order valence-electron chi connectivity index (χ4n) is 6.25. The molecule has 0 radical (unpaired) electrons.